The Morgan fingerprint density at radius 2 is 1.70 bits per heavy atom. The third-order valence-corrected chi connectivity index (χ3v) is 13.5. The Hall–Kier alpha value is -1.80. The molecule has 2 amide bonds. The molecule has 60 heavy (non-hydrogen) atoms. The van der Waals surface area contributed by atoms with E-state index < -0.39 is 83.6 Å². The van der Waals surface area contributed by atoms with Gasteiger partial charge < -0.3 is 56.0 Å². The lowest BCUT2D eigenvalue weighted by molar-refractivity contribution is -0.137. The van der Waals surface area contributed by atoms with Crippen molar-refractivity contribution in [3.8, 4) is 0 Å². The van der Waals surface area contributed by atoms with Crippen LogP contribution in [0, 0.1) is 5.41 Å². The number of aliphatic hydroxyl groups is 3. The number of nitrogens with one attached hydrogen (secondary N) is 2. The van der Waals surface area contributed by atoms with E-state index in [1.165, 1.54) is 20.3 Å². The molecule has 2 aromatic heterocycles. The zero-order valence-corrected chi connectivity index (χ0v) is 37.6. The van der Waals surface area contributed by atoms with E-state index in [2.05, 4.69) is 54.0 Å². The lowest BCUT2D eigenvalue weighted by atomic mass is 9.87. The van der Waals surface area contributed by atoms with Gasteiger partial charge in [-0.15, -0.1) is 12.6 Å². The minimum Gasteiger partial charge on any atom is -0.386 e. The second-order valence-corrected chi connectivity index (χ2v) is 20.9. The molecule has 344 valence electrons. The monoisotopic (exact) mass is 955 g/mol. The van der Waals surface area contributed by atoms with Crippen LogP contribution in [0.2, 0.25) is 0 Å². The summed E-state index contributed by atoms with van der Waals surface area (Å²) >= 11 is 5.92. The summed E-state index contributed by atoms with van der Waals surface area (Å²) in [6, 6.07) is 0. The van der Waals surface area contributed by atoms with Crippen molar-refractivity contribution in [2.24, 2.45) is 5.41 Å². The number of fused-ring (bicyclic) bond motifs is 1. The zero-order valence-electron chi connectivity index (χ0n) is 33.2. The van der Waals surface area contributed by atoms with Gasteiger partial charge in [0.1, 0.15) is 41.2 Å². The number of carbonyl (C=O) groups is 2. The summed E-state index contributed by atoms with van der Waals surface area (Å²) in [6.45, 7) is 2.86. The van der Waals surface area contributed by atoms with E-state index in [0.717, 1.165) is 42.9 Å². The molecule has 0 radical (unpaired) electrons. The summed E-state index contributed by atoms with van der Waals surface area (Å²) in [5.74, 6) is -0.111. The molecular weight excluding hydrogens is 899 g/mol. The van der Waals surface area contributed by atoms with E-state index >= 15 is 0 Å². The number of hydrogen-bond donors (Lipinski definition) is 11. The Morgan fingerprint density at radius 3 is 2.38 bits per heavy atom. The van der Waals surface area contributed by atoms with Gasteiger partial charge in [-0.3, -0.25) is 27.7 Å². The Kier molecular flexibility index (Phi) is 20.3. The average Bonchev–Trinajstić information content (AvgIpc) is 3.70. The Balaban J connectivity index is 1.41. The highest BCUT2D eigenvalue weighted by Gasteiger charge is 2.50. The number of rotatable bonds is 28. The smallest absolute Gasteiger partial charge is 0.386 e. The molecule has 3 rings (SSSR count). The van der Waals surface area contributed by atoms with Crippen molar-refractivity contribution in [2.75, 3.05) is 43.5 Å². The number of anilines is 1. The number of phosphoric acid groups is 3. The van der Waals surface area contributed by atoms with Gasteiger partial charge in [0.2, 0.25) is 11.8 Å². The molecule has 2 aromatic rings. The molecule has 0 bridgehead atoms. The van der Waals surface area contributed by atoms with Gasteiger partial charge in [-0.05, 0) is 25.0 Å². The lowest BCUT2D eigenvalue weighted by Crippen LogP contribution is -2.46. The molecular formula is C31H56N7O17P3S2. The maximum atomic E-state index is 12.7. The molecule has 24 nitrogen and oxygen atoms in total. The lowest BCUT2D eigenvalue weighted by Gasteiger charge is -2.30. The number of carbonyl (C=O) groups excluding carboxylic acids is 2. The quantitative estimate of drug-likeness (QED) is 0.0249. The van der Waals surface area contributed by atoms with Crippen molar-refractivity contribution in [3.05, 3.63) is 12.7 Å². The van der Waals surface area contributed by atoms with Gasteiger partial charge >= 0.3 is 23.5 Å². The van der Waals surface area contributed by atoms with Gasteiger partial charge in [0.25, 0.3) is 0 Å². The number of unbranched alkanes of at least 4 members (excludes halogenated alkanes) is 4. The molecule has 0 saturated carbocycles. The number of nitrogens with zero attached hydrogens (tertiary/aromatic N) is 4. The predicted octanol–water partition coefficient (Wildman–Crippen LogP) is 1.51. The third kappa shape index (κ3) is 17.4. The molecule has 0 spiro atoms. The Morgan fingerprint density at radius 1 is 1.02 bits per heavy atom. The van der Waals surface area contributed by atoms with Gasteiger partial charge in [0.05, 0.1) is 19.5 Å². The normalized spacial score (nSPS) is 22.2. The maximum absolute atomic E-state index is 12.7. The van der Waals surface area contributed by atoms with Crippen molar-refractivity contribution < 1.29 is 80.8 Å². The number of aliphatic hydroxyl groups excluding tert-OH is 2. The molecule has 1 fully saturated rings. The van der Waals surface area contributed by atoms with E-state index in [4.69, 9.17) is 19.5 Å². The SMILES string of the molecule is CCCCCCCC(O)(S)CCSCCNC(=O)CCNC(=O)[C@H](O)C(C)(C)COP(=O)(O)OP(=O)(O)OC[C@H]1O[C@@H](n2cnc3c(N)ncnc32)[C@H](O)[C@@H]1OP(=O)(O)O. The summed E-state index contributed by atoms with van der Waals surface area (Å²) in [4.78, 5) is 74.9. The molecule has 0 aromatic carbocycles. The number of aromatic nitrogens is 4. The number of amides is 2. The number of hydrogen-bond acceptors (Lipinski definition) is 19. The van der Waals surface area contributed by atoms with E-state index in [1.807, 2.05) is 0 Å². The fraction of sp³-hybridized carbons (Fsp3) is 0.774. The summed E-state index contributed by atoms with van der Waals surface area (Å²) < 4.78 is 62.3. The number of phosphoric ester groups is 3. The first-order valence-electron chi connectivity index (χ1n) is 18.8. The first-order valence-corrected chi connectivity index (χ1v) is 24.9. The van der Waals surface area contributed by atoms with Crippen molar-refractivity contribution >= 4 is 76.7 Å². The van der Waals surface area contributed by atoms with E-state index in [-0.39, 0.29) is 35.9 Å². The van der Waals surface area contributed by atoms with E-state index in [9.17, 15) is 58.2 Å². The summed E-state index contributed by atoms with van der Waals surface area (Å²) in [7, 11) is -16.4. The highest BCUT2D eigenvalue weighted by Crippen LogP contribution is 2.61. The molecule has 1 aliphatic rings. The van der Waals surface area contributed by atoms with Crippen molar-refractivity contribution in [1.29, 1.82) is 0 Å². The number of nitrogens with two attached hydrogens (primary N) is 1. The number of thiol groups is 1. The molecule has 1 aliphatic heterocycles. The van der Waals surface area contributed by atoms with Gasteiger partial charge in [0, 0.05) is 30.7 Å². The largest absolute Gasteiger partial charge is 0.481 e. The van der Waals surface area contributed by atoms with Crippen molar-refractivity contribution in [2.45, 2.75) is 108 Å². The first-order chi connectivity index (χ1) is 27.9. The minimum atomic E-state index is -5.57. The standard InChI is InChI=1S/C31H56N7O17P3S2/c1-4-5-6-7-8-10-31(43,59)11-14-60-15-13-33-21(39)9-12-34-28(42)25(41)30(2,3)17-52-58(49,50)55-57(47,48)51-16-20-24(54-56(44,45)46)23(40)29(53-20)38-19-37-22-26(32)35-18-36-27(22)38/h18-20,23-25,29,40-41,43,59H,4-17H2,1-3H3,(H,33,39)(H,34,42)(H,47,48)(H,49,50)(H2,32,35,36)(H2,44,45,46)/t20-,23-,24-,25+,29-,31?/m1/s1. The van der Waals surface area contributed by atoms with Crippen molar-refractivity contribution in [1.82, 2.24) is 30.2 Å². The van der Waals surface area contributed by atoms with Crippen LogP contribution in [0.3, 0.4) is 0 Å². The van der Waals surface area contributed by atoms with Crippen LogP contribution in [0.4, 0.5) is 5.82 Å². The second kappa shape index (κ2) is 23.2. The van der Waals surface area contributed by atoms with Crippen molar-refractivity contribution in [3.63, 3.8) is 0 Å². The number of thioether (sulfide) groups is 1. The molecule has 0 aliphatic carbocycles. The van der Waals surface area contributed by atoms with Crippen LogP contribution in [-0.4, -0.2) is 133 Å². The third-order valence-electron chi connectivity index (χ3n) is 8.97. The maximum Gasteiger partial charge on any atom is 0.481 e. The zero-order chi connectivity index (χ0) is 44.9. The fourth-order valence-electron chi connectivity index (χ4n) is 5.68. The molecule has 8 atom stereocenters. The average molecular weight is 956 g/mol. The van der Waals surface area contributed by atoms with E-state index in [1.54, 1.807) is 11.8 Å². The van der Waals surface area contributed by atoms with E-state index in [0.29, 0.717) is 30.9 Å². The number of imidazole rings is 1. The molecule has 1 saturated heterocycles. The highest BCUT2D eigenvalue weighted by atomic mass is 32.2. The number of ether oxygens (including phenoxy) is 1. The fourth-order valence-corrected chi connectivity index (χ4v) is 9.86. The Labute approximate surface area is 355 Å². The highest BCUT2D eigenvalue weighted by molar-refractivity contribution is 7.99. The van der Waals surface area contributed by atoms with Crippen LogP contribution in [-0.2, 0) is 45.9 Å². The van der Waals surface area contributed by atoms with Gasteiger partial charge in [-0.2, -0.15) is 16.1 Å². The van der Waals surface area contributed by atoms with Crippen LogP contribution in [0.1, 0.15) is 78.4 Å². The molecule has 3 heterocycles. The molecule has 3 unspecified atom stereocenters. The van der Waals surface area contributed by atoms with Gasteiger partial charge in [0.15, 0.2) is 17.7 Å². The first kappa shape index (κ1) is 52.5. The molecule has 29 heteroatoms. The summed E-state index contributed by atoms with van der Waals surface area (Å²) in [5.41, 5.74) is 4.29. The van der Waals surface area contributed by atoms with Crippen LogP contribution in [0.15, 0.2) is 12.7 Å². The topological polar surface area (TPSA) is 367 Å². The van der Waals surface area contributed by atoms with Crippen LogP contribution in [0.25, 0.3) is 11.2 Å². The van der Waals surface area contributed by atoms with Crippen LogP contribution < -0.4 is 16.4 Å². The van der Waals surface area contributed by atoms with Gasteiger partial charge in [-0.1, -0.05) is 46.5 Å². The summed E-state index contributed by atoms with van der Waals surface area (Å²) in [6.07, 6.45) is -0.288. The predicted molar refractivity (Wildman–Crippen MR) is 219 cm³/mol. The van der Waals surface area contributed by atoms with Crippen LogP contribution >= 0.6 is 47.9 Å². The second-order valence-electron chi connectivity index (χ2n) is 14.6. The molecule has 11 N–H and O–H groups in total. The summed E-state index contributed by atoms with van der Waals surface area (Å²) in [5, 5.41) is 37.0. The van der Waals surface area contributed by atoms with Gasteiger partial charge in [-0.25, -0.2) is 28.6 Å². The van der Waals surface area contributed by atoms with Crippen LogP contribution in [0.5, 0.6) is 0 Å². The number of nitrogen functional groups attached to an aromatic ring is 1. The Bertz CT molecular complexity index is 1860. The minimum absolute atomic E-state index is 0.0340.